The average molecular weight is 263 g/mol. The van der Waals surface area contributed by atoms with Crippen LogP contribution in [0.5, 0.6) is 0 Å². The van der Waals surface area contributed by atoms with Gasteiger partial charge in [0.15, 0.2) is 0 Å². The first-order valence-corrected chi connectivity index (χ1v) is 8.15. The van der Waals surface area contributed by atoms with Crippen molar-refractivity contribution in [2.45, 2.75) is 64.8 Å². The van der Waals surface area contributed by atoms with E-state index >= 15 is 0 Å². The van der Waals surface area contributed by atoms with Crippen LogP contribution in [0.2, 0.25) is 0 Å². The third-order valence-electron chi connectivity index (χ3n) is 6.42. The van der Waals surface area contributed by atoms with Crippen molar-refractivity contribution in [3.05, 3.63) is 0 Å². The number of hydrogen-bond acceptors (Lipinski definition) is 2. The van der Waals surface area contributed by atoms with Crippen molar-refractivity contribution in [3.8, 4) is 0 Å². The van der Waals surface area contributed by atoms with Crippen molar-refractivity contribution < 1.29 is 4.74 Å². The van der Waals surface area contributed by atoms with Crippen LogP contribution in [0, 0.1) is 22.2 Å². The van der Waals surface area contributed by atoms with Gasteiger partial charge in [-0.1, -0.05) is 20.8 Å². The fourth-order valence-electron chi connectivity index (χ4n) is 6.60. The van der Waals surface area contributed by atoms with Gasteiger partial charge in [0.1, 0.15) is 0 Å². The highest BCUT2D eigenvalue weighted by atomic mass is 16.5. The van der Waals surface area contributed by atoms with E-state index in [0.29, 0.717) is 21.8 Å². The normalized spacial score (nSPS) is 54.2. The molecule has 5 fully saturated rings. The zero-order valence-electron chi connectivity index (χ0n) is 12.8. The van der Waals surface area contributed by atoms with Crippen LogP contribution in [0.1, 0.15) is 59.3 Å². The van der Waals surface area contributed by atoms with Gasteiger partial charge in [-0.15, -0.1) is 0 Å². The highest BCUT2D eigenvalue weighted by Crippen LogP contribution is 2.66. The van der Waals surface area contributed by atoms with Crippen LogP contribution in [0.15, 0.2) is 0 Å². The molecule has 2 unspecified atom stereocenters. The third kappa shape index (κ3) is 1.98. The molecule has 1 N–H and O–H groups in total. The van der Waals surface area contributed by atoms with Gasteiger partial charge in [0.05, 0.1) is 13.2 Å². The maximum atomic E-state index is 5.41. The van der Waals surface area contributed by atoms with E-state index in [2.05, 4.69) is 26.1 Å². The second-order valence-corrected chi connectivity index (χ2v) is 9.57. The summed E-state index contributed by atoms with van der Waals surface area (Å²) in [5.74, 6) is 0.990. The smallest absolute Gasteiger partial charge is 0.0554 e. The molecule has 1 heterocycles. The molecule has 4 saturated carbocycles. The molecular formula is C17H29NO. The molecule has 0 spiro atoms. The molecule has 4 aliphatic carbocycles. The van der Waals surface area contributed by atoms with Crippen LogP contribution >= 0.6 is 0 Å². The van der Waals surface area contributed by atoms with Crippen LogP contribution in [0.25, 0.3) is 0 Å². The first kappa shape index (κ1) is 12.6. The summed E-state index contributed by atoms with van der Waals surface area (Å²) >= 11 is 0. The van der Waals surface area contributed by atoms with Crippen molar-refractivity contribution in [2.75, 3.05) is 19.8 Å². The number of rotatable bonds is 3. The zero-order valence-corrected chi connectivity index (χ0v) is 12.8. The molecule has 0 aromatic carbocycles. The fourth-order valence-corrected chi connectivity index (χ4v) is 6.60. The van der Waals surface area contributed by atoms with E-state index in [9.17, 15) is 0 Å². The monoisotopic (exact) mass is 263 g/mol. The van der Waals surface area contributed by atoms with E-state index in [-0.39, 0.29) is 0 Å². The molecule has 2 atom stereocenters. The van der Waals surface area contributed by atoms with Crippen molar-refractivity contribution in [1.82, 2.24) is 5.32 Å². The lowest BCUT2D eigenvalue weighted by Gasteiger charge is -2.66. The first-order valence-electron chi connectivity index (χ1n) is 8.15. The Hall–Kier alpha value is -0.0800. The summed E-state index contributed by atoms with van der Waals surface area (Å²) in [4.78, 5) is 0. The molecule has 19 heavy (non-hydrogen) atoms. The molecule has 0 aromatic heterocycles. The molecule has 0 amide bonds. The highest BCUT2D eigenvalue weighted by Gasteiger charge is 2.60. The SMILES string of the molecule is CC1(CNC23CC4CC(C)(CC(C)(C4)C2)C3)COC1. The van der Waals surface area contributed by atoms with Crippen molar-refractivity contribution in [2.24, 2.45) is 22.2 Å². The lowest BCUT2D eigenvalue weighted by atomic mass is 9.42. The Labute approximate surface area is 117 Å². The predicted molar refractivity (Wildman–Crippen MR) is 77.1 cm³/mol. The lowest BCUT2D eigenvalue weighted by molar-refractivity contribution is -0.136. The van der Waals surface area contributed by atoms with E-state index in [1.165, 1.54) is 38.5 Å². The lowest BCUT2D eigenvalue weighted by Crippen LogP contribution is -2.66. The van der Waals surface area contributed by atoms with Gasteiger partial charge < -0.3 is 10.1 Å². The van der Waals surface area contributed by atoms with Crippen LogP contribution in [0.4, 0.5) is 0 Å². The van der Waals surface area contributed by atoms with Gasteiger partial charge in [0.25, 0.3) is 0 Å². The molecule has 2 heteroatoms. The van der Waals surface area contributed by atoms with Crippen LogP contribution in [-0.2, 0) is 4.74 Å². The van der Waals surface area contributed by atoms with Crippen LogP contribution in [0.3, 0.4) is 0 Å². The topological polar surface area (TPSA) is 21.3 Å². The average Bonchev–Trinajstić information content (AvgIpc) is 2.18. The van der Waals surface area contributed by atoms with E-state index < -0.39 is 0 Å². The maximum absolute atomic E-state index is 5.41. The second kappa shape index (κ2) is 3.57. The van der Waals surface area contributed by atoms with Crippen LogP contribution < -0.4 is 5.32 Å². The maximum Gasteiger partial charge on any atom is 0.0554 e. The summed E-state index contributed by atoms with van der Waals surface area (Å²) in [7, 11) is 0. The zero-order chi connectivity index (χ0) is 13.4. The van der Waals surface area contributed by atoms with E-state index in [1.54, 1.807) is 0 Å². The largest absolute Gasteiger partial charge is 0.380 e. The summed E-state index contributed by atoms with van der Waals surface area (Å²) in [6.45, 7) is 10.5. The standard InChI is InChI=1S/C17H29NO/c1-14-4-13-5-15(2,7-14)9-17(6-13,8-14)18-10-16(3)11-19-12-16/h13,18H,4-12H2,1-3H3. The Balaban J connectivity index is 1.54. The molecule has 0 aromatic rings. The van der Waals surface area contributed by atoms with Gasteiger partial charge in [-0.2, -0.15) is 0 Å². The van der Waals surface area contributed by atoms with E-state index in [0.717, 1.165) is 25.7 Å². The Morgan fingerprint density at radius 3 is 2.05 bits per heavy atom. The predicted octanol–water partition coefficient (Wildman–Crippen LogP) is 3.36. The number of nitrogens with one attached hydrogen (secondary N) is 1. The molecule has 5 rings (SSSR count). The summed E-state index contributed by atoms with van der Waals surface area (Å²) in [6, 6.07) is 0. The van der Waals surface area contributed by atoms with Gasteiger partial charge >= 0.3 is 0 Å². The van der Waals surface area contributed by atoms with Crippen molar-refractivity contribution in [3.63, 3.8) is 0 Å². The van der Waals surface area contributed by atoms with Gasteiger partial charge in [-0.25, -0.2) is 0 Å². The Kier molecular flexibility index (Phi) is 2.37. The van der Waals surface area contributed by atoms with Crippen LogP contribution in [-0.4, -0.2) is 25.3 Å². The molecule has 5 aliphatic rings. The third-order valence-corrected chi connectivity index (χ3v) is 6.42. The highest BCUT2D eigenvalue weighted by molar-refractivity contribution is 5.14. The number of hydrogen-bond donors (Lipinski definition) is 1. The minimum Gasteiger partial charge on any atom is -0.380 e. The first-order chi connectivity index (χ1) is 8.82. The Morgan fingerprint density at radius 2 is 1.58 bits per heavy atom. The van der Waals surface area contributed by atoms with E-state index in [4.69, 9.17) is 4.74 Å². The molecule has 2 nitrogen and oxygen atoms in total. The minimum absolute atomic E-state index is 0.408. The molecule has 1 aliphatic heterocycles. The Morgan fingerprint density at radius 1 is 0.947 bits per heavy atom. The minimum atomic E-state index is 0.408. The summed E-state index contributed by atoms with van der Waals surface area (Å²) in [5.41, 5.74) is 2.11. The fraction of sp³-hybridized carbons (Fsp3) is 1.00. The summed E-state index contributed by atoms with van der Waals surface area (Å²) < 4.78 is 5.41. The molecule has 4 bridgehead atoms. The quantitative estimate of drug-likeness (QED) is 0.843. The van der Waals surface area contributed by atoms with Crippen molar-refractivity contribution in [1.29, 1.82) is 0 Å². The Bertz CT molecular complexity index is 382. The van der Waals surface area contributed by atoms with Gasteiger partial charge in [-0.3, -0.25) is 0 Å². The summed E-state index contributed by atoms with van der Waals surface area (Å²) in [5, 5.41) is 4.04. The van der Waals surface area contributed by atoms with Gasteiger partial charge in [0.2, 0.25) is 0 Å². The second-order valence-electron chi connectivity index (χ2n) is 9.57. The number of ether oxygens (including phenoxy) is 1. The summed E-state index contributed by atoms with van der Waals surface area (Å²) in [6.07, 6.45) is 8.74. The molecule has 108 valence electrons. The molecular weight excluding hydrogens is 234 g/mol. The van der Waals surface area contributed by atoms with E-state index in [1.807, 2.05) is 0 Å². The van der Waals surface area contributed by atoms with Gasteiger partial charge in [0, 0.05) is 17.5 Å². The van der Waals surface area contributed by atoms with Crippen molar-refractivity contribution >= 4 is 0 Å². The van der Waals surface area contributed by atoms with Gasteiger partial charge in [-0.05, 0) is 55.3 Å². The molecule has 1 saturated heterocycles. The molecule has 0 radical (unpaired) electrons.